The van der Waals surface area contributed by atoms with Crippen LogP contribution >= 0.6 is 0 Å². The highest BCUT2D eigenvalue weighted by Crippen LogP contribution is 2.45. The molecule has 0 aromatic carbocycles. The van der Waals surface area contributed by atoms with Gasteiger partial charge >= 0.3 is 5.97 Å². The molecule has 3 atom stereocenters. The maximum Gasteiger partial charge on any atom is 0.328 e. The highest BCUT2D eigenvalue weighted by molar-refractivity contribution is 7.94. The summed E-state index contributed by atoms with van der Waals surface area (Å²) in [5.41, 5.74) is 5.39. The van der Waals surface area contributed by atoms with Gasteiger partial charge in [-0.05, 0) is 6.92 Å². The summed E-state index contributed by atoms with van der Waals surface area (Å²) in [6, 6.07) is -1.37. The number of β-lactam (4-membered cyclic amide) rings is 1. The third-order valence-electron chi connectivity index (χ3n) is 3.45. The molecule has 1 amide bonds. The van der Waals surface area contributed by atoms with Crippen molar-refractivity contribution in [2.24, 2.45) is 5.73 Å². The maximum absolute atomic E-state index is 12.0. The van der Waals surface area contributed by atoms with Crippen LogP contribution in [-0.4, -0.2) is 53.0 Å². The van der Waals surface area contributed by atoms with Crippen LogP contribution in [0.1, 0.15) is 13.3 Å². The summed E-state index contributed by atoms with van der Waals surface area (Å²) >= 11 is 0. The van der Waals surface area contributed by atoms with Gasteiger partial charge in [-0.25, -0.2) is 13.2 Å². The average molecular weight is 248 g/mol. The molecular formula is C8H12N2O5S. The summed E-state index contributed by atoms with van der Waals surface area (Å²) in [6.07, 6.45) is -0.137. The van der Waals surface area contributed by atoms with Crippen molar-refractivity contribution in [1.29, 1.82) is 0 Å². The van der Waals surface area contributed by atoms with Gasteiger partial charge in [0.1, 0.15) is 10.1 Å². The number of carbonyl (C=O) groups is 2. The van der Waals surface area contributed by atoms with Crippen LogP contribution < -0.4 is 5.73 Å². The lowest BCUT2D eigenvalue weighted by atomic mass is 9.97. The van der Waals surface area contributed by atoms with Crippen molar-refractivity contribution >= 4 is 21.7 Å². The zero-order valence-corrected chi connectivity index (χ0v) is 9.40. The molecule has 90 valence electrons. The van der Waals surface area contributed by atoms with Gasteiger partial charge in [0.15, 0.2) is 15.9 Å². The second kappa shape index (κ2) is 2.95. The fourth-order valence-electron chi connectivity index (χ4n) is 2.34. The van der Waals surface area contributed by atoms with E-state index in [0.717, 1.165) is 4.90 Å². The molecule has 2 aliphatic heterocycles. The van der Waals surface area contributed by atoms with Crippen molar-refractivity contribution in [3.8, 4) is 0 Å². The SMILES string of the molecule is CC1(CN)[C@H](C(=O)O)N2C(=O)C[C@H]2S1(=O)=O. The topological polar surface area (TPSA) is 118 Å². The van der Waals surface area contributed by atoms with Gasteiger partial charge in [-0.3, -0.25) is 4.79 Å². The molecule has 0 aliphatic carbocycles. The van der Waals surface area contributed by atoms with Crippen molar-refractivity contribution in [3.63, 3.8) is 0 Å². The summed E-state index contributed by atoms with van der Waals surface area (Å²) in [5.74, 6) is -1.77. The molecule has 3 N–H and O–H groups in total. The van der Waals surface area contributed by atoms with Crippen LogP contribution in [0.15, 0.2) is 0 Å². The first-order chi connectivity index (χ1) is 7.27. The Balaban J connectivity index is 2.59. The van der Waals surface area contributed by atoms with Crippen LogP contribution in [0, 0.1) is 0 Å². The molecule has 1 unspecified atom stereocenters. The molecule has 2 aliphatic rings. The van der Waals surface area contributed by atoms with Crippen molar-refractivity contribution in [3.05, 3.63) is 0 Å². The van der Waals surface area contributed by atoms with E-state index in [1.165, 1.54) is 6.92 Å². The van der Waals surface area contributed by atoms with Crippen molar-refractivity contribution < 1.29 is 23.1 Å². The molecule has 0 radical (unpaired) electrons. The van der Waals surface area contributed by atoms with Crippen LogP contribution in [0.4, 0.5) is 0 Å². The molecular weight excluding hydrogens is 236 g/mol. The van der Waals surface area contributed by atoms with Gasteiger partial charge in [0.25, 0.3) is 0 Å². The first-order valence-electron chi connectivity index (χ1n) is 4.75. The van der Waals surface area contributed by atoms with Crippen LogP contribution in [0.2, 0.25) is 0 Å². The molecule has 2 fully saturated rings. The van der Waals surface area contributed by atoms with Gasteiger partial charge in [0.05, 0.1) is 6.42 Å². The van der Waals surface area contributed by atoms with Crippen LogP contribution in [0.3, 0.4) is 0 Å². The summed E-state index contributed by atoms with van der Waals surface area (Å²) in [7, 11) is -3.71. The Morgan fingerprint density at radius 2 is 2.25 bits per heavy atom. The standard InChI is InChI=1S/C8H12N2O5S/c1-8(3-9)6(7(12)13)10-4(11)2-5(10)16(8,14)15/h5-6H,2-3,9H2,1H3,(H,12,13)/t5-,6+,8?/m1/s1. The Labute approximate surface area is 92.1 Å². The molecule has 2 rings (SSSR count). The predicted molar refractivity (Wildman–Crippen MR) is 53.1 cm³/mol. The smallest absolute Gasteiger partial charge is 0.328 e. The van der Waals surface area contributed by atoms with E-state index in [4.69, 9.17) is 10.8 Å². The molecule has 7 nitrogen and oxygen atoms in total. The Hall–Kier alpha value is -1.15. The third kappa shape index (κ3) is 0.983. The fraction of sp³-hybridized carbons (Fsp3) is 0.750. The first-order valence-corrected chi connectivity index (χ1v) is 6.29. The first kappa shape index (κ1) is 11.3. The van der Waals surface area contributed by atoms with Crippen LogP contribution in [0.5, 0.6) is 0 Å². The van der Waals surface area contributed by atoms with Crippen molar-refractivity contribution in [1.82, 2.24) is 4.90 Å². The number of rotatable bonds is 2. The number of carboxylic acid groups (broad SMARTS) is 1. The summed E-state index contributed by atoms with van der Waals surface area (Å²) in [4.78, 5) is 23.3. The van der Waals surface area contributed by atoms with E-state index < -0.39 is 37.9 Å². The van der Waals surface area contributed by atoms with Gasteiger partial charge in [-0.15, -0.1) is 0 Å². The number of hydrogen-bond acceptors (Lipinski definition) is 5. The normalized spacial score (nSPS) is 40.4. The van der Waals surface area contributed by atoms with E-state index in [9.17, 15) is 18.0 Å². The number of carbonyl (C=O) groups excluding carboxylic acids is 1. The number of nitrogens with two attached hydrogens (primary N) is 1. The van der Waals surface area contributed by atoms with Gasteiger partial charge in [-0.2, -0.15) is 0 Å². The number of hydrogen-bond donors (Lipinski definition) is 2. The second-order valence-electron chi connectivity index (χ2n) is 4.26. The lowest BCUT2D eigenvalue weighted by Crippen LogP contribution is -2.58. The number of aliphatic carboxylic acids is 1. The lowest BCUT2D eigenvalue weighted by molar-refractivity contribution is -0.157. The molecule has 16 heavy (non-hydrogen) atoms. The maximum atomic E-state index is 12.0. The minimum Gasteiger partial charge on any atom is -0.480 e. The van der Waals surface area contributed by atoms with Gasteiger partial charge in [-0.1, -0.05) is 0 Å². The fourth-order valence-corrected chi connectivity index (χ4v) is 4.62. The van der Waals surface area contributed by atoms with E-state index in [1.807, 2.05) is 0 Å². The molecule has 0 aromatic heterocycles. The predicted octanol–water partition coefficient (Wildman–Crippen LogP) is -1.86. The highest BCUT2D eigenvalue weighted by Gasteiger charge is 2.69. The number of sulfone groups is 1. The summed E-state index contributed by atoms with van der Waals surface area (Å²) < 4.78 is 22.5. The van der Waals surface area contributed by atoms with Crippen molar-refractivity contribution in [2.45, 2.75) is 29.5 Å². The molecule has 2 saturated heterocycles. The van der Waals surface area contributed by atoms with Crippen molar-refractivity contribution in [2.75, 3.05) is 6.54 Å². The second-order valence-corrected chi connectivity index (χ2v) is 6.83. The minimum atomic E-state index is -3.71. The minimum absolute atomic E-state index is 0.137. The summed E-state index contributed by atoms with van der Waals surface area (Å²) in [5, 5.41) is 8.03. The Bertz CT molecular complexity index is 473. The Morgan fingerprint density at radius 3 is 2.62 bits per heavy atom. The number of fused-ring (bicyclic) bond motifs is 1. The quantitative estimate of drug-likeness (QED) is 0.553. The molecule has 0 spiro atoms. The van der Waals surface area contributed by atoms with Gasteiger partial charge in [0, 0.05) is 6.54 Å². The zero-order valence-electron chi connectivity index (χ0n) is 8.58. The number of carboxylic acids is 1. The Morgan fingerprint density at radius 1 is 1.69 bits per heavy atom. The average Bonchev–Trinajstić information content (AvgIpc) is 2.32. The molecule has 0 aromatic rings. The third-order valence-corrected chi connectivity index (χ3v) is 6.25. The number of amides is 1. The van der Waals surface area contributed by atoms with Crippen LogP contribution in [-0.2, 0) is 19.4 Å². The zero-order chi connectivity index (χ0) is 12.3. The largest absolute Gasteiger partial charge is 0.480 e. The van der Waals surface area contributed by atoms with E-state index in [2.05, 4.69) is 0 Å². The molecule has 2 heterocycles. The monoisotopic (exact) mass is 248 g/mol. The van der Waals surface area contributed by atoms with Gasteiger partial charge in [0.2, 0.25) is 5.91 Å². The van der Waals surface area contributed by atoms with Gasteiger partial charge < -0.3 is 15.7 Å². The van der Waals surface area contributed by atoms with E-state index in [0.29, 0.717) is 0 Å². The molecule has 8 heteroatoms. The molecule has 0 bridgehead atoms. The summed E-state index contributed by atoms with van der Waals surface area (Å²) in [6.45, 7) is 0.972. The lowest BCUT2D eigenvalue weighted by Gasteiger charge is -2.35. The molecule has 0 saturated carbocycles. The Kier molecular flexibility index (Phi) is 2.09. The van der Waals surface area contributed by atoms with Crippen LogP contribution in [0.25, 0.3) is 0 Å². The highest BCUT2D eigenvalue weighted by atomic mass is 32.2. The van der Waals surface area contributed by atoms with E-state index >= 15 is 0 Å². The van der Waals surface area contributed by atoms with E-state index in [1.54, 1.807) is 0 Å². The van der Waals surface area contributed by atoms with E-state index in [-0.39, 0.29) is 13.0 Å². The number of nitrogens with zero attached hydrogens (tertiary/aromatic N) is 1.